The Bertz CT molecular complexity index is 696. The minimum Gasteiger partial charge on any atom is -0.367 e. The van der Waals surface area contributed by atoms with Gasteiger partial charge in [-0.2, -0.15) is 13.2 Å². The Hall–Kier alpha value is -2.45. The van der Waals surface area contributed by atoms with Gasteiger partial charge in [0.2, 0.25) is 5.95 Å². The van der Waals surface area contributed by atoms with Gasteiger partial charge in [-0.25, -0.2) is 19.9 Å². The zero-order valence-corrected chi connectivity index (χ0v) is 13.8. The lowest BCUT2D eigenvalue weighted by Crippen LogP contribution is -2.40. The standard InChI is InChI=1S/C16H19F3N6/c1-2-11-8-20-15(21-9-11)25-5-3-12(4-6-25)24-14-7-13(16(17,18)19)22-10-23-14/h7-10,12H,2-6H2,1H3,(H,22,23,24). The molecular weight excluding hydrogens is 333 g/mol. The summed E-state index contributed by atoms with van der Waals surface area (Å²) in [6, 6.07) is 1.00. The molecule has 25 heavy (non-hydrogen) atoms. The van der Waals surface area contributed by atoms with E-state index in [0.717, 1.165) is 50.3 Å². The first-order chi connectivity index (χ1) is 12.0. The fourth-order valence-corrected chi connectivity index (χ4v) is 2.72. The van der Waals surface area contributed by atoms with Crippen LogP contribution in [0.5, 0.6) is 0 Å². The first-order valence-corrected chi connectivity index (χ1v) is 8.17. The van der Waals surface area contributed by atoms with Gasteiger partial charge in [-0.3, -0.25) is 0 Å². The molecule has 0 amide bonds. The van der Waals surface area contributed by atoms with Gasteiger partial charge in [0, 0.05) is 37.6 Å². The van der Waals surface area contributed by atoms with Gasteiger partial charge in [0.1, 0.15) is 17.8 Å². The van der Waals surface area contributed by atoms with Crippen LogP contribution in [0.25, 0.3) is 0 Å². The average molecular weight is 352 g/mol. The first kappa shape index (κ1) is 17.4. The van der Waals surface area contributed by atoms with E-state index in [1.807, 2.05) is 19.3 Å². The van der Waals surface area contributed by atoms with Crippen molar-refractivity contribution in [1.29, 1.82) is 0 Å². The monoisotopic (exact) mass is 352 g/mol. The molecule has 6 nitrogen and oxygen atoms in total. The summed E-state index contributed by atoms with van der Waals surface area (Å²) < 4.78 is 38.1. The van der Waals surface area contributed by atoms with Gasteiger partial charge in [0.15, 0.2) is 0 Å². The number of halogens is 3. The van der Waals surface area contributed by atoms with E-state index in [1.54, 1.807) is 0 Å². The normalized spacial score (nSPS) is 16.1. The van der Waals surface area contributed by atoms with Gasteiger partial charge in [-0.05, 0) is 24.8 Å². The van der Waals surface area contributed by atoms with Gasteiger partial charge in [0.05, 0.1) is 0 Å². The molecule has 134 valence electrons. The molecule has 1 aliphatic heterocycles. The van der Waals surface area contributed by atoms with Crippen molar-refractivity contribution in [2.24, 2.45) is 0 Å². The number of aryl methyl sites for hydroxylation is 1. The van der Waals surface area contributed by atoms with Crippen LogP contribution in [0.1, 0.15) is 31.0 Å². The summed E-state index contributed by atoms with van der Waals surface area (Å²) in [5.41, 5.74) is 0.149. The van der Waals surface area contributed by atoms with E-state index in [1.165, 1.54) is 0 Å². The molecule has 1 N–H and O–H groups in total. The Morgan fingerprint density at radius 2 is 1.80 bits per heavy atom. The molecular formula is C16H19F3N6. The van der Waals surface area contributed by atoms with E-state index in [4.69, 9.17) is 0 Å². The third-order valence-corrected chi connectivity index (χ3v) is 4.19. The van der Waals surface area contributed by atoms with Crippen LogP contribution in [-0.2, 0) is 12.6 Å². The van der Waals surface area contributed by atoms with Crippen LogP contribution < -0.4 is 10.2 Å². The van der Waals surface area contributed by atoms with E-state index in [0.29, 0.717) is 5.95 Å². The van der Waals surface area contributed by atoms with Crippen LogP contribution in [0.2, 0.25) is 0 Å². The van der Waals surface area contributed by atoms with Crippen molar-refractivity contribution in [2.75, 3.05) is 23.3 Å². The molecule has 0 atom stereocenters. The molecule has 0 saturated carbocycles. The number of nitrogens with zero attached hydrogens (tertiary/aromatic N) is 5. The number of alkyl halides is 3. The molecule has 9 heteroatoms. The van der Waals surface area contributed by atoms with Crippen molar-refractivity contribution in [2.45, 2.75) is 38.4 Å². The molecule has 0 aromatic carbocycles. The second-order valence-electron chi connectivity index (χ2n) is 5.94. The Morgan fingerprint density at radius 3 is 2.40 bits per heavy atom. The van der Waals surface area contributed by atoms with Crippen molar-refractivity contribution in [3.8, 4) is 0 Å². The second-order valence-corrected chi connectivity index (χ2v) is 5.94. The maximum Gasteiger partial charge on any atom is 0.433 e. The molecule has 0 aliphatic carbocycles. The van der Waals surface area contributed by atoms with Crippen LogP contribution in [0.4, 0.5) is 24.9 Å². The lowest BCUT2D eigenvalue weighted by atomic mass is 10.1. The fraction of sp³-hybridized carbons (Fsp3) is 0.500. The summed E-state index contributed by atoms with van der Waals surface area (Å²) in [7, 11) is 0. The quantitative estimate of drug-likeness (QED) is 0.913. The van der Waals surface area contributed by atoms with Crippen molar-refractivity contribution < 1.29 is 13.2 Å². The molecule has 0 unspecified atom stereocenters. The number of aromatic nitrogens is 4. The van der Waals surface area contributed by atoms with Crippen LogP contribution in [0.15, 0.2) is 24.8 Å². The van der Waals surface area contributed by atoms with E-state index in [2.05, 4.69) is 30.2 Å². The van der Waals surface area contributed by atoms with Crippen LogP contribution in [-0.4, -0.2) is 39.1 Å². The Balaban J connectivity index is 1.57. The summed E-state index contributed by atoms with van der Waals surface area (Å²) in [6.07, 6.45) is 2.55. The zero-order valence-electron chi connectivity index (χ0n) is 13.8. The zero-order chi connectivity index (χ0) is 17.9. The summed E-state index contributed by atoms with van der Waals surface area (Å²) in [4.78, 5) is 18.0. The third-order valence-electron chi connectivity index (χ3n) is 4.19. The van der Waals surface area contributed by atoms with Crippen molar-refractivity contribution in [3.05, 3.63) is 36.0 Å². The van der Waals surface area contributed by atoms with Gasteiger partial charge >= 0.3 is 6.18 Å². The van der Waals surface area contributed by atoms with E-state index < -0.39 is 11.9 Å². The number of rotatable bonds is 4. The van der Waals surface area contributed by atoms with Crippen molar-refractivity contribution in [1.82, 2.24) is 19.9 Å². The smallest absolute Gasteiger partial charge is 0.367 e. The lowest BCUT2D eigenvalue weighted by Gasteiger charge is -2.32. The SMILES string of the molecule is CCc1cnc(N2CCC(Nc3cc(C(F)(F)F)ncn3)CC2)nc1. The predicted molar refractivity (Wildman–Crippen MR) is 87.3 cm³/mol. The minimum absolute atomic E-state index is 0.0575. The maximum atomic E-state index is 12.7. The molecule has 1 fully saturated rings. The van der Waals surface area contributed by atoms with Gasteiger partial charge in [-0.15, -0.1) is 0 Å². The van der Waals surface area contributed by atoms with Crippen LogP contribution in [0.3, 0.4) is 0 Å². The van der Waals surface area contributed by atoms with E-state index in [-0.39, 0.29) is 11.9 Å². The topological polar surface area (TPSA) is 66.8 Å². The number of nitrogens with one attached hydrogen (secondary N) is 1. The summed E-state index contributed by atoms with van der Waals surface area (Å²) in [5.74, 6) is 0.890. The van der Waals surface area contributed by atoms with Crippen LogP contribution in [0, 0.1) is 0 Å². The van der Waals surface area contributed by atoms with Gasteiger partial charge < -0.3 is 10.2 Å². The molecule has 0 spiro atoms. The van der Waals surface area contributed by atoms with Crippen LogP contribution >= 0.6 is 0 Å². The highest BCUT2D eigenvalue weighted by atomic mass is 19.4. The molecule has 3 heterocycles. The Morgan fingerprint density at radius 1 is 1.12 bits per heavy atom. The molecule has 2 aromatic rings. The minimum atomic E-state index is -4.47. The number of hydrogen-bond acceptors (Lipinski definition) is 6. The summed E-state index contributed by atoms with van der Waals surface area (Å²) >= 11 is 0. The van der Waals surface area contributed by atoms with E-state index >= 15 is 0 Å². The average Bonchev–Trinajstić information content (AvgIpc) is 2.62. The van der Waals surface area contributed by atoms with Gasteiger partial charge in [0.25, 0.3) is 0 Å². The number of anilines is 2. The maximum absolute atomic E-state index is 12.7. The molecule has 0 radical (unpaired) electrons. The molecule has 1 aliphatic rings. The highest BCUT2D eigenvalue weighted by molar-refractivity contribution is 5.38. The summed E-state index contributed by atoms with van der Waals surface area (Å²) in [6.45, 7) is 3.52. The third kappa shape index (κ3) is 4.34. The lowest BCUT2D eigenvalue weighted by molar-refractivity contribution is -0.141. The Labute approximate surface area is 143 Å². The summed E-state index contributed by atoms with van der Waals surface area (Å²) in [5, 5.41) is 3.07. The highest BCUT2D eigenvalue weighted by Gasteiger charge is 2.33. The fourth-order valence-electron chi connectivity index (χ4n) is 2.72. The molecule has 0 bridgehead atoms. The molecule has 1 saturated heterocycles. The Kier molecular flexibility index (Phi) is 5.00. The first-order valence-electron chi connectivity index (χ1n) is 8.17. The highest BCUT2D eigenvalue weighted by Crippen LogP contribution is 2.28. The molecule has 3 rings (SSSR count). The number of piperidine rings is 1. The predicted octanol–water partition coefficient (Wildman–Crippen LogP) is 2.93. The number of hydrogen-bond donors (Lipinski definition) is 1. The second kappa shape index (κ2) is 7.20. The van der Waals surface area contributed by atoms with E-state index in [9.17, 15) is 13.2 Å². The molecule has 2 aromatic heterocycles. The van der Waals surface area contributed by atoms with Gasteiger partial charge in [-0.1, -0.05) is 6.92 Å². The van der Waals surface area contributed by atoms with Crippen molar-refractivity contribution in [3.63, 3.8) is 0 Å². The van der Waals surface area contributed by atoms with Crippen molar-refractivity contribution >= 4 is 11.8 Å². The largest absolute Gasteiger partial charge is 0.433 e.